The van der Waals surface area contributed by atoms with Gasteiger partial charge in [-0.1, -0.05) is 5.16 Å². The van der Waals surface area contributed by atoms with E-state index in [1.54, 1.807) is 18.2 Å². The van der Waals surface area contributed by atoms with Gasteiger partial charge in [0.1, 0.15) is 6.10 Å². The van der Waals surface area contributed by atoms with Gasteiger partial charge in [-0.2, -0.15) is 4.98 Å². The Kier molecular flexibility index (Phi) is 3.47. The fraction of sp³-hybridized carbons (Fsp3) is 0.333. The summed E-state index contributed by atoms with van der Waals surface area (Å²) in [7, 11) is 0. The highest BCUT2D eigenvalue weighted by Gasteiger charge is 2.15. The first-order chi connectivity index (χ1) is 8.60. The van der Waals surface area contributed by atoms with Crippen molar-refractivity contribution >= 4 is 11.4 Å². The lowest BCUT2D eigenvalue weighted by Gasteiger charge is -2.04. The molecule has 96 valence electrons. The fourth-order valence-electron chi connectivity index (χ4n) is 1.64. The Morgan fingerprint density at radius 2 is 1.94 bits per heavy atom. The number of anilines is 2. The van der Waals surface area contributed by atoms with Gasteiger partial charge in [-0.3, -0.25) is 0 Å². The van der Waals surface area contributed by atoms with Crippen LogP contribution in [0.2, 0.25) is 0 Å². The lowest BCUT2D eigenvalue weighted by Crippen LogP contribution is -2.01. The lowest BCUT2D eigenvalue weighted by molar-refractivity contribution is 0.0683. The molecule has 1 aromatic heterocycles. The van der Waals surface area contributed by atoms with E-state index < -0.39 is 0 Å². The third kappa shape index (κ3) is 2.60. The summed E-state index contributed by atoms with van der Waals surface area (Å²) in [6, 6.07) is 5.14. The van der Waals surface area contributed by atoms with Crippen LogP contribution >= 0.6 is 0 Å². The molecular formula is C12H16N4O2. The van der Waals surface area contributed by atoms with Crippen molar-refractivity contribution in [1.29, 1.82) is 0 Å². The van der Waals surface area contributed by atoms with E-state index in [0.29, 0.717) is 35.3 Å². The summed E-state index contributed by atoms with van der Waals surface area (Å²) in [6.45, 7) is 4.37. The maximum Gasteiger partial charge on any atom is 0.258 e. The average molecular weight is 248 g/mol. The minimum Gasteiger partial charge on any atom is -0.399 e. The molecule has 0 bridgehead atoms. The first-order valence-corrected chi connectivity index (χ1v) is 5.71. The molecule has 6 heteroatoms. The smallest absolute Gasteiger partial charge is 0.258 e. The standard InChI is InChI=1S/C12H16N4O2/c1-3-17-7(2)11-15-12(18-16-11)8-4-9(13)6-10(14)5-8/h4-7H,3,13-14H2,1-2H3. The van der Waals surface area contributed by atoms with Crippen molar-refractivity contribution in [2.45, 2.75) is 20.0 Å². The summed E-state index contributed by atoms with van der Waals surface area (Å²) in [4.78, 5) is 4.27. The second-order valence-corrected chi connectivity index (χ2v) is 3.94. The van der Waals surface area contributed by atoms with Gasteiger partial charge in [-0.05, 0) is 32.0 Å². The van der Waals surface area contributed by atoms with E-state index in [1.165, 1.54) is 0 Å². The molecule has 2 aromatic rings. The van der Waals surface area contributed by atoms with Crippen LogP contribution in [0.3, 0.4) is 0 Å². The quantitative estimate of drug-likeness (QED) is 0.802. The number of hydrogen-bond acceptors (Lipinski definition) is 6. The van der Waals surface area contributed by atoms with Gasteiger partial charge in [0.05, 0.1) is 0 Å². The van der Waals surface area contributed by atoms with E-state index in [4.69, 9.17) is 20.7 Å². The van der Waals surface area contributed by atoms with Crippen molar-refractivity contribution < 1.29 is 9.26 Å². The molecule has 0 aliphatic rings. The van der Waals surface area contributed by atoms with Crippen LogP contribution in [-0.2, 0) is 4.74 Å². The van der Waals surface area contributed by atoms with Crippen molar-refractivity contribution in [3.8, 4) is 11.5 Å². The topological polar surface area (TPSA) is 100 Å². The van der Waals surface area contributed by atoms with Gasteiger partial charge in [0.15, 0.2) is 0 Å². The molecular weight excluding hydrogens is 232 g/mol. The minimum absolute atomic E-state index is 0.203. The van der Waals surface area contributed by atoms with Gasteiger partial charge in [0.2, 0.25) is 5.82 Å². The second kappa shape index (κ2) is 5.05. The van der Waals surface area contributed by atoms with Gasteiger partial charge in [-0.15, -0.1) is 0 Å². The highest BCUT2D eigenvalue weighted by molar-refractivity contribution is 5.67. The van der Waals surface area contributed by atoms with Crippen LogP contribution in [0.5, 0.6) is 0 Å². The van der Waals surface area contributed by atoms with E-state index in [2.05, 4.69) is 10.1 Å². The monoisotopic (exact) mass is 248 g/mol. The highest BCUT2D eigenvalue weighted by Crippen LogP contribution is 2.24. The number of ether oxygens (including phenoxy) is 1. The second-order valence-electron chi connectivity index (χ2n) is 3.94. The normalized spacial score (nSPS) is 12.6. The molecule has 0 aliphatic heterocycles. The molecule has 0 saturated heterocycles. The molecule has 4 N–H and O–H groups in total. The third-order valence-electron chi connectivity index (χ3n) is 2.45. The molecule has 0 aliphatic carbocycles. The Morgan fingerprint density at radius 3 is 2.56 bits per heavy atom. The molecule has 0 saturated carbocycles. The summed E-state index contributed by atoms with van der Waals surface area (Å²) in [5, 5.41) is 3.88. The number of aromatic nitrogens is 2. The zero-order chi connectivity index (χ0) is 13.1. The van der Waals surface area contributed by atoms with Gasteiger partial charge < -0.3 is 20.7 Å². The van der Waals surface area contributed by atoms with E-state index in [-0.39, 0.29) is 6.10 Å². The zero-order valence-corrected chi connectivity index (χ0v) is 10.4. The first-order valence-electron chi connectivity index (χ1n) is 5.71. The Labute approximate surface area is 105 Å². The average Bonchev–Trinajstić information content (AvgIpc) is 2.77. The Hall–Kier alpha value is -2.08. The molecule has 0 amide bonds. The molecule has 0 spiro atoms. The number of rotatable bonds is 4. The maximum atomic E-state index is 5.72. The van der Waals surface area contributed by atoms with E-state index >= 15 is 0 Å². The van der Waals surface area contributed by atoms with Crippen LogP contribution in [-0.4, -0.2) is 16.7 Å². The van der Waals surface area contributed by atoms with Crippen molar-refractivity contribution in [3.05, 3.63) is 24.0 Å². The van der Waals surface area contributed by atoms with Gasteiger partial charge in [0, 0.05) is 23.5 Å². The maximum absolute atomic E-state index is 5.72. The summed E-state index contributed by atoms with van der Waals surface area (Å²) < 4.78 is 10.6. The van der Waals surface area contributed by atoms with Crippen LogP contribution in [0.4, 0.5) is 11.4 Å². The Balaban J connectivity index is 2.29. The van der Waals surface area contributed by atoms with Crippen molar-refractivity contribution in [2.75, 3.05) is 18.1 Å². The Morgan fingerprint density at radius 1 is 1.28 bits per heavy atom. The summed E-state index contributed by atoms with van der Waals surface area (Å²) in [5.41, 5.74) is 13.3. The van der Waals surface area contributed by atoms with E-state index in [0.717, 1.165) is 0 Å². The molecule has 2 rings (SSSR count). The van der Waals surface area contributed by atoms with E-state index in [9.17, 15) is 0 Å². The van der Waals surface area contributed by atoms with Crippen molar-refractivity contribution in [2.24, 2.45) is 0 Å². The SMILES string of the molecule is CCOC(C)c1noc(-c2cc(N)cc(N)c2)n1. The molecule has 0 fully saturated rings. The molecule has 1 unspecified atom stereocenters. The van der Waals surface area contributed by atoms with Crippen molar-refractivity contribution in [1.82, 2.24) is 10.1 Å². The van der Waals surface area contributed by atoms with Crippen LogP contribution < -0.4 is 11.5 Å². The van der Waals surface area contributed by atoms with Gasteiger partial charge >= 0.3 is 0 Å². The number of nitrogens with two attached hydrogens (primary N) is 2. The molecule has 18 heavy (non-hydrogen) atoms. The largest absolute Gasteiger partial charge is 0.399 e. The Bertz CT molecular complexity index is 518. The number of nitrogens with zero attached hydrogens (tertiary/aromatic N) is 2. The zero-order valence-electron chi connectivity index (χ0n) is 10.4. The van der Waals surface area contributed by atoms with Crippen LogP contribution in [0.15, 0.2) is 22.7 Å². The first kappa shape index (κ1) is 12.4. The molecule has 1 atom stereocenters. The van der Waals surface area contributed by atoms with E-state index in [1.807, 2.05) is 13.8 Å². The summed E-state index contributed by atoms with van der Waals surface area (Å²) in [5.74, 6) is 0.892. The molecule has 6 nitrogen and oxygen atoms in total. The van der Waals surface area contributed by atoms with Crippen molar-refractivity contribution in [3.63, 3.8) is 0 Å². The molecule has 0 radical (unpaired) electrons. The van der Waals surface area contributed by atoms with Crippen LogP contribution in [0.25, 0.3) is 11.5 Å². The molecule has 1 heterocycles. The fourth-order valence-corrected chi connectivity index (χ4v) is 1.64. The van der Waals surface area contributed by atoms with Gasteiger partial charge in [0.25, 0.3) is 5.89 Å². The summed E-state index contributed by atoms with van der Waals surface area (Å²) in [6.07, 6.45) is -0.203. The third-order valence-corrected chi connectivity index (χ3v) is 2.45. The predicted octanol–water partition coefficient (Wildman–Crippen LogP) is 2.00. The lowest BCUT2D eigenvalue weighted by atomic mass is 10.2. The minimum atomic E-state index is -0.203. The highest BCUT2D eigenvalue weighted by atomic mass is 16.5. The molecule has 1 aromatic carbocycles. The predicted molar refractivity (Wildman–Crippen MR) is 68.6 cm³/mol. The van der Waals surface area contributed by atoms with Crippen LogP contribution in [0.1, 0.15) is 25.8 Å². The number of hydrogen-bond donors (Lipinski definition) is 2. The number of benzene rings is 1. The van der Waals surface area contributed by atoms with Crippen LogP contribution in [0, 0.1) is 0 Å². The van der Waals surface area contributed by atoms with Gasteiger partial charge in [-0.25, -0.2) is 0 Å². The summed E-state index contributed by atoms with van der Waals surface area (Å²) >= 11 is 0. The number of nitrogen functional groups attached to an aromatic ring is 2.